The van der Waals surface area contributed by atoms with E-state index in [9.17, 15) is 0 Å². The average Bonchev–Trinajstić information content (AvgIpc) is 2.86. The summed E-state index contributed by atoms with van der Waals surface area (Å²) in [6.07, 6.45) is 2.55. The van der Waals surface area contributed by atoms with Crippen molar-refractivity contribution in [3.63, 3.8) is 0 Å². The Bertz CT molecular complexity index is 739. The Labute approximate surface area is 147 Å². The number of aryl methyl sites for hydroxylation is 1. The Hall–Kier alpha value is -0.923. The zero-order valence-electron chi connectivity index (χ0n) is 14.1. The maximum absolute atomic E-state index is 2.37. The SMILES string of the molecule is CCP(CC)c1c(C)[cH-]c2cccc(-c3ccccc3)c12.[Li+]. The first-order valence-corrected chi connectivity index (χ1v) is 9.46. The Balaban J connectivity index is 0.00000176. The quantitative estimate of drug-likeness (QED) is 0.395. The molecule has 0 fully saturated rings. The van der Waals surface area contributed by atoms with Gasteiger partial charge in [0.2, 0.25) is 0 Å². The molecule has 0 saturated carbocycles. The molecule has 3 rings (SSSR count). The summed E-state index contributed by atoms with van der Waals surface area (Å²) in [5.41, 5.74) is 4.20. The van der Waals surface area contributed by atoms with Gasteiger partial charge in [-0.3, -0.25) is 0 Å². The topological polar surface area (TPSA) is 0 Å². The van der Waals surface area contributed by atoms with Crippen LogP contribution in [0.25, 0.3) is 21.9 Å². The number of fused-ring (bicyclic) bond motifs is 1. The van der Waals surface area contributed by atoms with Gasteiger partial charge >= 0.3 is 18.9 Å². The van der Waals surface area contributed by atoms with Gasteiger partial charge in [0.25, 0.3) is 0 Å². The van der Waals surface area contributed by atoms with Gasteiger partial charge in [-0.15, -0.1) is 47.8 Å². The summed E-state index contributed by atoms with van der Waals surface area (Å²) in [5.74, 6) is 0. The fourth-order valence-electron chi connectivity index (χ4n) is 3.26. The van der Waals surface area contributed by atoms with Crippen LogP contribution in [0.15, 0.2) is 54.6 Å². The second-order valence-corrected chi connectivity index (χ2v) is 8.28. The molecule has 0 aliphatic heterocycles. The van der Waals surface area contributed by atoms with Crippen LogP contribution in [0.5, 0.6) is 0 Å². The summed E-state index contributed by atoms with van der Waals surface area (Å²) in [5, 5.41) is 4.53. The Morgan fingerprint density at radius 2 is 1.59 bits per heavy atom. The van der Waals surface area contributed by atoms with E-state index in [2.05, 4.69) is 75.4 Å². The monoisotopic (exact) mass is 300 g/mol. The van der Waals surface area contributed by atoms with Gasteiger partial charge in [-0.1, -0.05) is 62.7 Å². The van der Waals surface area contributed by atoms with Crippen molar-refractivity contribution < 1.29 is 18.9 Å². The third-order valence-electron chi connectivity index (χ3n) is 4.24. The fraction of sp³-hybridized carbons (Fsp3) is 0.250. The molecule has 3 aromatic carbocycles. The molecule has 0 bridgehead atoms. The van der Waals surface area contributed by atoms with Crippen LogP contribution in [-0.4, -0.2) is 12.3 Å². The second kappa shape index (κ2) is 7.57. The first-order valence-electron chi connectivity index (χ1n) is 7.75. The molecule has 0 N–H and O–H groups in total. The Morgan fingerprint density at radius 1 is 0.909 bits per heavy atom. The summed E-state index contributed by atoms with van der Waals surface area (Å²) < 4.78 is 0. The minimum absolute atomic E-state index is 0. The van der Waals surface area contributed by atoms with Crippen LogP contribution in [0.3, 0.4) is 0 Å². The van der Waals surface area contributed by atoms with Crippen molar-refractivity contribution in [1.29, 1.82) is 0 Å². The number of benzene rings is 2. The van der Waals surface area contributed by atoms with Crippen LogP contribution < -0.4 is 24.2 Å². The molecule has 0 spiro atoms. The molecule has 0 radical (unpaired) electrons. The summed E-state index contributed by atoms with van der Waals surface area (Å²) >= 11 is 0. The Kier molecular flexibility index (Phi) is 5.99. The van der Waals surface area contributed by atoms with Gasteiger partial charge in [0, 0.05) is 0 Å². The summed E-state index contributed by atoms with van der Waals surface area (Å²) in [7, 11) is -0.0415. The van der Waals surface area contributed by atoms with Crippen molar-refractivity contribution in [3.05, 3.63) is 60.2 Å². The maximum Gasteiger partial charge on any atom is 1.00 e. The van der Waals surface area contributed by atoms with E-state index in [0.29, 0.717) is 0 Å². The Morgan fingerprint density at radius 3 is 2.23 bits per heavy atom. The van der Waals surface area contributed by atoms with Crippen LogP contribution in [-0.2, 0) is 0 Å². The molecule has 0 heterocycles. The van der Waals surface area contributed by atoms with Gasteiger partial charge in [0.05, 0.1) is 0 Å². The van der Waals surface area contributed by atoms with E-state index in [4.69, 9.17) is 0 Å². The van der Waals surface area contributed by atoms with Crippen molar-refractivity contribution in [2.75, 3.05) is 12.3 Å². The minimum Gasteiger partial charge on any atom is -0.149 e. The van der Waals surface area contributed by atoms with Gasteiger partial charge in [-0.2, -0.15) is 0 Å². The third kappa shape index (κ3) is 3.07. The van der Waals surface area contributed by atoms with Gasteiger partial charge < -0.3 is 0 Å². The average molecular weight is 300 g/mol. The number of rotatable bonds is 4. The van der Waals surface area contributed by atoms with E-state index in [1.807, 2.05) is 0 Å². The molecule has 0 aliphatic rings. The predicted octanol–water partition coefficient (Wildman–Crippen LogP) is 2.69. The van der Waals surface area contributed by atoms with Gasteiger partial charge in [-0.05, 0) is 17.9 Å². The smallest absolute Gasteiger partial charge is 0.149 e. The minimum atomic E-state index is -0.0415. The van der Waals surface area contributed by atoms with E-state index in [1.54, 1.807) is 5.30 Å². The van der Waals surface area contributed by atoms with Crippen LogP contribution in [0.4, 0.5) is 0 Å². The van der Waals surface area contributed by atoms with Crippen LogP contribution in [0.2, 0.25) is 0 Å². The van der Waals surface area contributed by atoms with Crippen LogP contribution in [0, 0.1) is 6.92 Å². The first kappa shape index (κ1) is 17.4. The zero-order chi connectivity index (χ0) is 14.8. The van der Waals surface area contributed by atoms with Crippen LogP contribution >= 0.6 is 7.92 Å². The zero-order valence-corrected chi connectivity index (χ0v) is 15.0. The summed E-state index contributed by atoms with van der Waals surface area (Å²) in [6.45, 7) is 6.95. The molecule has 0 aromatic heterocycles. The largest absolute Gasteiger partial charge is 1.00 e. The molecule has 22 heavy (non-hydrogen) atoms. The molecule has 0 atom stereocenters. The first-order chi connectivity index (χ1) is 10.3. The van der Waals surface area contributed by atoms with Crippen molar-refractivity contribution >= 4 is 24.0 Å². The fourth-order valence-corrected chi connectivity index (χ4v) is 5.47. The molecule has 0 aliphatic carbocycles. The maximum atomic E-state index is 2.37. The standard InChI is InChI=1S/C20H22P.Li/c1-4-21(5-2)20-15(3)14-17-12-9-13-18(19(17)20)16-10-7-6-8-11-16;/h6-14H,4-5H2,1-3H3;/q-1;+1. The molecule has 108 valence electrons. The van der Waals surface area contributed by atoms with Gasteiger partial charge in [0.15, 0.2) is 0 Å². The van der Waals surface area contributed by atoms with Crippen molar-refractivity contribution in [2.24, 2.45) is 0 Å². The van der Waals surface area contributed by atoms with Crippen molar-refractivity contribution in [1.82, 2.24) is 0 Å². The van der Waals surface area contributed by atoms with E-state index in [-0.39, 0.29) is 26.8 Å². The van der Waals surface area contributed by atoms with Crippen molar-refractivity contribution in [2.45, 2.75) is 20.8 Å². The van der Waals surface area contributed by atoms with E-state index < -0.39 is 0 Å². The molecule has 3 aromatic rings. The molecule has 0 amide bonds. The van der Waals surface area contributed by atoms with E-state index >= 15 is 0 Å². The molecule has 0 saturated heterocycles. The second-order valence-electron chi connectivity index (χ2n) is 5.48. The van der Waals surface area contributed by atoms with Gasteiger partial charge in [-0.25, -0.2) is 0 Å². The molecule has 2 heteroatoms. The van der Waals surface area contributed by atoms with Crippen LogP contribution in [0.1, 0.15) is 19.4 Å². The molecule has 0 unspecified atom stereocenters. The summed E-state index contributed by atoms with van der Waals surface area (Å²) in [4.78, 5) is 0. The molecule has 0 nitrogen and oxygen atoms in total. The van der Waals surface area contributed by atoms with Crippen molar-refractivity contribution in [3.8, 4) is 11.1 Å². The van der Waals surface area contributed by atoms with E-state index in [1.165, 1.54) is 39.8 Å². The van der Waals surface area contributed by atoms with Gasteiger partial charge in [0.1, 0.15) is 0 Å². The third-order valence-corrected chi connectivity index (χ3v) is 6.98. The number of hydrogen-bond acceptors (Lipinski definition) is 0. The molecular weight excluding hydrogens is 278 g/mol. The normalized spacial score (nSPS) is 10.9. The summed E-state index contributed by atoms with van der Waals surface area (Å²) in [6, 6.07) is 19.9. The molecular formula is C20H22LiP. The number of hydrogen-bond donors (Lipinski definition) is 0. The van der Waals surface area contributed by atoms with E-state index in [0.717, 1.165) is 0 Å². The predicted molar refractivity (Wildman–Crippen MR) is 97.4 cm³/mol.